The minimum Gasteiger partial charge on any atom is -0.249 e. The molecular weight excluding hydrogens is 239 g/mol. The minimum atomic E-state index is -0.956. The Labute approximate surface area is 83.7 Å². The Morgan fingerprint density at radius 1 is 1.62 bits per heavy atom. The number of carbonyl (C=O) groups excluding carboxylic acids is 1. The van der Waals surface area contributed by atoms with Crippen molar-refractivity contribution >= 4 is 21.9 Å². The highest BCUT2D eigenvalue weighted by molar-refractivity contribution is 9.10. The van der Waals surface area contributed by atoms with Crippen molar-refractivity contribution in [3.8, 4) is 0 Å². The normalized spacial score (nSPS) is 9.77. The molecule has 0 bridgehead atoms. The number of rotatable bonds is 2. The molecule has 1 rings (SSSR count). The Morgan fingerprint density at radius 3 is 2.85 bits per heavy atom. The molecule has 0 aromatic heterocycles. The van der Waals surface area contributed by atoms with Gasteiger partial charge in [0.05, 0.1) is 5.56 Å². The molecule has 0 amide bonds. The Balaban J connectivity index is 3.06. The lowest BCUT2D eigenvalue weighted by Gasteiger charge is -2.02. The third-order valence-corrected chi connectivity index (χ3v) is 2.51. The van der Waals surface area contributed by atoms with E-state index in [0.717, 1.165) is 16.5 Å². The summed E-state index contributed by atoms with van der Waals surface area (Å²) in [7, 11) is 0. The lowest BCUT2D eigenvalue weighted by Crippen LogP contribution is -1.99. The van der Waals surface area contributed by atoms with Crippen LogP contribution in [0.15, 0.2) is 22.7 Å². The lowest BCUT2D eigenvalue weighted by molar-refractivity contribution is -0.0788. The summed E-state index contributed by atoms with van der Waals surface area (Å²) < 4.78 is 12.5. The third kappa shape index (κ3) is 2.28. The highest BCUT2D eigenvalue weighted by Crippen LogP contribution is 2.19. The van der Waals surface area contributed by atoms with E-state index in [9.17, 15) is 9.32 Å². The van der Waals surface area contributed by atoms with Crippen LogP contribution in [0, 0.1) is 0 Å². The van der Waals surface area contributed by atoms with E-state index in [4.69, 9.17) is 0 Å². The maximum absolute atomic E-state index is 11.5. The largest absolute Gasteiger partial charge is 0.379 e. The van der Waals surface area contributed by atoms with Crippen molar-refractivity contribution in [3.05, 3.63) is 33.8 Å². The predicted molar refractivity (Wildman–Crippen MR) is 50.0 cm³/mol. The van der Waals surface area contributed by atoms with Gasteiger partial charge in [0.25, 0.3) is 0 Å². The first-order chi connectivity index (χ1) is 6.19. The smallest absolute Gasteiger partial charge is 0.249 e. The molecule has 70 valence electrons. The Bertz CT molecular complexity index is 325. The first-order valence-electron chi connectivity index (χ1n) is 3.80. The van der Waals surface area contributed by atoms with E-state index in [0.29, 0.717) is 0 Å². The summed E-state index contributed by atoms with van der Waals surface area (Å²) in [4.78, 5) is 13.9. The zero-order valence-electron chi connectivity index (χ0n) is 7.01. The van der Waals surface area contributed by atoms with Crippen molar-refractivity contribution in [1.82, 2.24) is 0 Å². The molecule has 1 aromatic carbocycles. The van der Waals surface area contributed by atoms with Gasteiger partial charge in [0.1, 0.15) is 0 Å². The standard InChI is InChI=1S/C9H8BrFO2/c1-2-6-5-7(9(12)13-11)3-4-8(6)10/h3-5H,2H2,1H3. The van der Waals surface area contributed by atoms with Crippen molar-refractivity contribution in [3.63, 3.8) is 0 Å². The Hall–Kier alpha value is -0.900. The van der Waals surface area contributed by atoms with E-state index >= 15 is 0 Å². The highest BCUT2D eigenvalue weighted by Gasteiger charge is 2.09. The fraction of sp³-hybridized carbons (Fsp3) is 0.222. The van der Waals surface area contributed by atoms with Gasteiger partial charge in [-0.25, -0.2) is 9.74 Å². The maximum Gasteiger partial charge on any atom is 0.379 e. The van der Waals surface area contributed by atoms with Crippen LogP contribution in [0.2, 0.25) is 0 Å². The second kappa shape index (κ2) is 4.37. The molecule has 0 saturated carbocycles. The maximum atomic E-state index is 11.5. The summed E-state index contributed by atoms with van der Waals surface area (Å²) in [6.45, 7) is 1.95. The SMILES string of the molecule is CCc1cc(C(=O)OF)ccc1Br. The average molecular weight is 247 g/mol. The molecule has 0 unspecified atom stereocenters. The molecule has 0 atom stereocenters. The summed E-state index contributed by atoms with van der Waals surface area (Å²) >= 11 is 3.32. The molecule has 0 fully saturated rings. The number of benzene rings is 1. The van der Waals surface area contributed by atoms with E-state index < -0.39 is 5.97 Å². The van der Waals surface area contributed by atoms with Gasteiger partial charge < -0.3 is 0 Å². The molecule has 0 N–H and O–H groups in total. The van der Waals surface area contributed by atoms with E-state index in [2.05, 4.69) is 20.9 Å². The van der Waals surface area contributed by atoms with Gasteiger partial charge in [-0.1, -0.05) is 22.9 Å². The van der Waals surface area contributed by atoms with E-state index in [1.807, 2.05) is 6.92 Å². The fourth-order valence-corrected chi connectivity index (χ4v) is 1.54. The molecule has 0 aliphatic heterocycles. The van der Waals surface area contributed by atoms with Crippen LogP contribution in [0.25, 0.3) is 0 Å². The molecule has 0 aliphatic rings. The van der Waals surface area contributed by atoms with Gasteiger partial charge in [0.15, 0.2) is 0 Å². The van der Waals surface area contributed by atoms with E-state index in [-0.39, 0.29) is 5.56 Å². The monoisotopic (exact) mass is 246 g/mol. The fourth-order valence-electron chi connectivity index (χ4n) is 1.02. The average Bonchev–Trinajstić information content (AvgIpc) is 2.17. The van der Waals surface area contributed by atoms with Crippen molar-refractivity contribution in [2.75, 3.05) is 0 Å². The third-order valence-electron chi connectivity index (χ3n) is 1.73. The first kappa shape index (κ1) is 10.2. The lowest BCUT2D eigenvalue weighted by atomic mass is 10.1. The molecule has 1 aromatic rings. The number of hydrogen-bond acceptors (Lipinski definition) is 2. The zero-order chi connectivity index (χ0) is 9.84. The quantitative estimate of drug-likeness (QED) is 0.802. The molecule has 0 aliphatic carbocycles. The van der Waals surface area contributed by atoms with Crippen LogP contribution in [-0.2, 0) is 11.4 Å². The molecular formula is C9H8BrFO2. The van der Waals surface area contributed by atoms with Crippen molar-refractivity contribution in [2.45, 2.75) is 13.3 Å². The molecule has 0 spiro atoms. The number of aryl methyl sites for hydroxylation is 1. The summed E-state index contributed by atoms with van der Waals surface area (Å²) in [5.74, 6) is -0.956. The molecule has 2 nitrogen and oxygen atoms in total. The van der Waals surface area contributed by atoms with Crippen LogP contribution in [0.5, 0.6) is 0 Å². The van der Waals surface area contributed by atoms with Crippen LogP contribution in [0.3, 0.4) is 0 Å². The molecule has 0 radical (unpaired) electrons. The van der Waals surface area contributed by atoms with Crippen molar-refractivity contribution < 1.29 is 14.3 Å². The van der Waals surface area contributed by atoms with Crippen LogP contribution in [0.1, 0.15) is 22.8 Å². The van der Waals surface area contributed by atoms with Gasteiger partial charge >= 0.3 is 5.97 Å². The second-order valence-electron chi connectivity index (χ2n) is 2.52. The van der Waals surface area contributed by atoms with Crippen molar-refractivity contribution in [1.29, 1.82) is 0 Å². The summed E-state index contributed by atoms with van der Waals surface area (Å²) in [6.07, 6.45) is 0.772. The molecule has 13 heavy (non-hydrogen) atoms. The van der Waals surface area contributed by atoms with Crippen LogP contribution in [0.4, 0.5) is 4.53 Å². The van der Waals surface area contributed by atoms with Gasteiger partial charge in [-0.3, -0.25) is 0 Å². The molecule has 4 heteroatoms. The van der Waals surface area contributed by atoms with Gasteiger partial charge in [-0.2, -0.15) is 0 Å². The van der Waals surface area contributed by atoms with Crippen molar-refractivity contribution in [2.24, 2.45) is 0 Å². The van der Waals surface area contributed by atoms with Crippen LogP contribution >= 0.6 is 15.9 Å². The van der Waals surface area contributed by atoms with Gasteiger partial charge in [-0.05, 0) is 30.2 Å². The van der Waals surface area contributed by atoms with Crippen LogP contribution in [-0.4, -0.2) is 5.97 Å². The number of halogens is 2. The Morgan fingerprint density at radius 2 is 2.31 bits per heavy atom. The van der Waals surface area contributed by atoms with Gasteiger partial charge in [-0.15, -0.1) is 0 Å². The van der Waals surface area contributed by atoms with Gasteiger partial charge in [0, 0.05) is 9.00 Å². The van der Waals surface area contributed by atoms with E-state index in [1.54, 1.807) is 12.1 Å². The van der Waals surface area contributed by atoms with Gasteiger partial charge in [0.2, 0.25) is 0 Å². The van der Waals surface area contributed by atoms with E-state index in [1.165, 1.54) is 6.07 Å². The number of hydrogen-bond donors (Lipinski definition) is 0. The topological polar surface area (TPSA) is 26.3 Å². The predicted octanol–water partition coefficient (Wildman–Crippen LogP) is 3.05. The Kier molecular flexibility index (Phi) is 3.42. The minimum absolute atomic E-state index is 0.225. The number of carbonyl (C=O) groups is 1. The van der Waals surface area contributed by atoms with Crippen LogP contribution < -0.4 is 0 Å². The summed E-state index contributed by atoms with van der Waals surface area (Å²) in [6, 6.07) is 4.81. The summed E-state index contributed by atoms with van der Waals surface area (Å²) in [5.41, 5.74) is 1.17. The second-order valence-corrected chi connectivity index (χ2v) is 3.38. The highest BCUT2D eigenvalue weighted by atomic mass is 79.9. The molecule has 0 saturated heterocycles. The molecule has 0 heterocycles. The summed E-state index contributed by atoms with van der Waals surface area (Å²) in [5, 5.41) is 0. The zero-order valence-corrected chi connectivity index (χ0v) is 8.60. The first-order valence-corrected chi connectivity index (χ1v) is 4.59.